The Morgan fingerprint density at radius 3 is 3.04 bits per heavy atom. The van der Waals surface area contributed by atoms with Gasteiger partial charge >= 0.3 is 0 Å². The molecule has 0 radical (unpaired) electrons. The van der Waals surface area contributed by atoms with Crippen LogP contribution < -0.4 is 0 Å². The van der Waals surface area contributed by atoms with Gasteiger partial charge in [-0.05, 0) is 25.0 Å². The van der Waals surface area contributed by atoms with E-state index in [-0.39, 0.29) is 11.8 Å². The van der Waals surface area contributed by atoms with Crippen molar-refractivity contribution in [1.29, 1.82) is 0 Å². The molecular weight excluding hydrogens is 344 g/mol. The zero-order chi connectivity index (χ0) is 18.6. The molecule has 0 aliphatic carbocycles. The van der Waals surface area contributed by atoms with Crippen LogP contribution in [-0.2, 0) is 6.42 Å². The Labute approximate surface area is 156 Å². The molecule has 4 heterocycles. The maximum Gasteiger partial charge on any atom is 0.255 e. The molecule has 1 atom stereocenters. The number of aryl methyl sites for hydroxylation is 1. The molecule has 4 rings (SSSR count). The van der Waals surface area contributed by atoms with E-state index in [0.29, 0.717) is 30.2 Å². The third-order valence-corrected chi connectivity index (χ3v) is 4.76. The fourth-order valence-corrected chi connectivity index (χ4v) is 3.40. The molecule has 27 heavy (non-hydrogen) atoms. The minimum Gasteiger partial charge on any atom is -0.339 e. The second kappa shape index (κ2) is 7.61. The predicted octanol–water partition coefficient (Wildman–Crippen LogP) is 2.50. The normalized spacial score (nSPS) is 17.1. The predicted molar refractivity (Wildman–Crippen MR) is 96.8 cm³/mol. The molecule has 0 saturated carbocycles. The van der Waals surface area contributed by atoms with E-state index in [2.05, 4.69) is 25.1 Å². The lowest BCUT2D eigenvalue weighted by Gasteiger charge is -2.33. The molecule has 8 heteroatoms. The van der Waals surface area contributed by atoms with E-state index in [1.807, 2.05) is 11.8 Å². The van der Waals surface area contributed by atoms with E-state index in [1.54, 1.807) is 30.7 Å². The van der Waals surface area contributed by atoms with Crippen LogP contribution in [-0.4, -0.2) is 49.0 Å². The second-order valence-electron chi connectivity index (χ2n) is 6.52. The number of carbonyl (C=O) groups is 1. The van der Waals surface area contributed by atoms with Gasteiger partial charge in [0, 0.05) is 44.0 Å². The lowest BCUT2D eigenvalue weighted by molar-refractivity contribution is 0.0705. The van der Waals surface area contributed by atoms with Crippen LogP contribution in [0.15, 0.2) is 41.6 Å². The number of carbonyl (C=O) groups excluding carboxylic acids is 1. The fraction of sp³-hybridized carbons (Fsp3) is 0.368. The summed E-state index contributed by atoms with van der Waals surface area (Å²) in [5.74, 6) is 1.17. The quantitative estimate of drug-likeness (QED) is 0.701. The smallest absolute Gasteiger partial charge is 0.255 e. The van der Waals surface area contributed by atoms with E-state index >= 15 is 0 Å². The lowest BCUT2D eigenvalue weighted by atomic mass is 9.91. The first-order valence-electron chi connectivity index (χ1n) is 9.08. The molecule has 1 aliphatic rings. The molecule has 0 bridgehead atoms. The number of hydrogen-bond donors (Lipinski definition) is 0. The highest BCUT2D eigenvalue weighted by atomic mass is 16.5. The topological polar surface area (TPSA) is 97.9 Å². The minimum atomic E-state index is -0.00348. The van der Waals surface area contributed by atoms with Gasteiger partial charge in [0.15, 0.2) is 0 Å². The van der Waals surface area contributed by atoms with Crippen LogP contribution in [0.5, 0.6) is 0 Å². The number of rotatable bonds is 4. The van der Waals surface area contributed by atoms with Gasteiger partial charge in [-0.25, -0.2) is 9.97 Å². The van der Waals surface area contributed by atoms with Gasteiger partial charge < -0.3 is 9.42 Å². The van der Waals surface area contributed by atoms with Crippen LogP contribution in [0, 0.1) is 0 Å². The number of nitrogens with zero attached hydrogens (tertiary/aromatic N) is 6. The molecule has 138 valence electrons. The highest BCUT2D eigenvalue weighted by Gasteiger charge is 2.29. The zero-order valence-corrected chi connectivity index (χ0v) is 15.1. The molecule has 1 amide bonds. The van der Waals surface area contributed by atoms with Crippen molar-refractivity contribution in [2.24, 2.45) is 0 Å². The Bertz CT molecular complexity index is 927. The molecule has 8 nitrogen and oxygen atoms in total. The van der Waals surface area contributed by atoms with Gasteiger partial charge in [0.1, 0.15) is 6.33 Å². The summed E-state index contributed by atoms with van der Waals surface area (Å²) in [7, 11) is 0. The Balaban J connectivity index is 1.59. The van der Waals surface area contributed by atoms with Crippen molar-refractivity contribution in [3.8, 4) is 11.4 Å². The summed E-state index contributed by atoms with van der Waals surface area (Å²) in [5, 5.41) is 4.06. The van der Waals surface area contributed by atoms with Gasteiger partial charge in [0.05, 0.1) is 16.8 Å². The number of amides is 1. The van der Waals surface area contributed by atoms with Crippen molar-refractivity contribution < 1.29 is 9.32 Å². The number of aromatic nitrogens is 5. The first-order valence-corrected chi connectivity index (χ1v) is 9.08. The first kappa shape index (κ1) is 17.3. The van der Waals surface area contributed by atoms with E-state index in [1.165, 1.54) is 6.33 Å². The summed E-state index contributed by atoms with van der Waals surface area (Å²) in [6, 6.07) is 3.57. The van der Waals surface area contributed by atoms with Crippen molar-refractivity contribution in [1.82, 2.24) is 30.0 Å². The Hall–Kier alpha value is -3.16. The van der Waals surface area contributed by atoms with Crippen LogP contribution in [0.1, 0.15) is 47.6 Å². The number of likely N-dealkylation sites (tertiary alicyclic amines) is 1. The molecular formula is C19H20N6O2. The zero-order valence-electron chi connectivity index (χ0n) is 15.1. The summed E-state index contributed by atoms with van der Waals surface area (Å²) in [6.07, 6.45) is 9.04. The molecule has 0 spiro atoms. The molecule has 0 aromatic carbocycles. The van der Waals surface area contributed by atoms with Gasteiger partial charge in [0.2, 0.25) is 11.7 Å². The SMILES string of the molecule is CCc1nc(-c2cncnc2C2CCCN(C(=O)c3cccnc3)C2)no1. The first-order chi connectivity index (χ1) is 13.3. The fourth-order valence-electron chi connectivity index (χ4n) is 3.40. The third kappa shape index (κ3) is 3.55. The number of piperidine rings is 1. The van der Waals surface area contributed by atoms with Crippen molar-refractivity contribution in [2.45, 2.75) is 32.1 Å². The third-order valence-electron chi connectivity index (χ3n) is 4.76. The van der Waals surface area contributed by atoms with Gasteiger partial charge in [-0.3, -0.25) is 9.78 Å². The minimum absolute atomic E-state index is 0.00348. The highest BCUT2D eigenvalue weighted by molar-refractivity contribution is 5.94. The Morgan fingerprint density at radius 1 is 1.33 bits per heavy atom. The van der Waals surface area contributed by atoms with Crippen LogP contribution >= 0.6 is 0 Å². The van der Waals surface area contributed by atoms with Gasteiger partial charge in [0.25, 0.3) is 5.91 Å². The average molecular weight is 364 g/mol. The van der Waals surface area contributed by atoms with Gasteiger partial charge in [-0.2, -0.15) is 4.98 Å². The van der Waals surface area contributed by atoms with Gasteiger partial charge in [-0.1, -0.05) is 12.1 Å². The Kier molecular flexibility index (Phi) is 4.86. The highest BCUT2D eigenvalue weighted by Crippen LogP contribution is 2.32. The van der Waals surface area contributed by atoms with Crippen LogP contribution in [0.3, 0.4) is 0 Å². The summed E-state index contributed by atoms with van der Waals surface area (Å²) in [5.41, 5.74) is 2.23. The van der Waals surface area contributed by atoms with Crippen molar-refractivity contribution in [2.75, 3.05) is 13.1 Å². The summed E-state index contributed by atoms with van der Waals surface area (Å²) in [6.45, 7) is 3.28. The molecule has 1 unspecified atom stereocenters. The second-order valence-corrected chi connectivity index (χ2v) is 6.52. The van der Waals surface area contributed by atoms with Crippen LogP contribution in [0.2, 0.25) is 0 Å². The maximum atomic E-state index is 12.8. The lowest BCUT2D eigenvalue weighted by Crippen LogP contribution is -2.39. The summed E-state index contributed by atoms with van der Waals surface area (Å²) >= 11 is 0. The summed E-state index contributed by atoms with van der Waals surface area (Å²) < 4.78 is 5.24. The maximum absolute atomic E-state index is 12.8. The monoisotopic (exact) mass is 364 g/mol. The van der Waals surface area contributed by atoms with Crippen molar-refractivity contribution >= 4 is 5.91 Å². The molecule has 1 aliphatic heterocycles. The van der Waals surface area contributed by atoms with Crippen LogP contribution in [0.25, 0.3) is 11.4 Å². The molecule has 3 aromatic heterocycles. The van der Waals surface area contributed by atoms with Crippen molar-refractivity contribution in [3.63, 3.8) is 0 Å². The van der Waals surface area contributed by atoms with Crippen molar-refractivity contribution in [3.05, 3.63) is 54.2 Å². The van der Waals surface area contributed by atoms with Crippen LogP contribution in [0.4, 0.5) is 0 Å². The molecule has 3 aromatic rings. The standard InChI is InChI=1S/C19H20N6O2/c1-2-16-23-18(24-27-16)15-10-21-12-22-17(15)14-6-4-8-25(11-14)19(26)13-5-3-7-20-9-13/h3,5,7,9-10,12,14H,2,4,6,8,11H2,1H3. The number of pyridine rings is 1. The van der Waals surface area contributed by atoms with E-state index < -0.39 is 0 Å². The largest absolute Gasteiger partial charge is 0.339 e. The van der Waals surface area contributed by atoms with E-state index in [9.17, 15) is 4.79 Å². The van der Waals surface area contributed by atoms with E-state index in [0.717, 1.165) is 30.6 Å². The summed E-state index contributed by atoms with van der Waals surface area (Å²) in [4.78, 5) is 31.7. The molecule has 1 saturated heterocycles. The Morgan fingerprint density at radius 2 is 2.26 bits per heavy atom. The van der Waals surface area contributed by atoms with Gasteiger partial charge in [-0.15, -0.1) is 0 Å². The molecule has 0 N–H and O–H groups in total. The van der Waals surface area contributed by atoms with E-state index in [4.69, 9.17) is 4.52 Å². The molecule has 1 fully saturated rings. The average Bonchev–Trinajstić information content (AvgIpc) is 3.23. The number of hydrogen-bond acceptors (Lipinski definition) is 7.